The Kier molecular flexibility index (Phi) is 8.67. The second-order valence-corrected chi connectivity index (χ2v) is 9.75. The summed E-state index contributed by atoms with van der Waals surface area (Å²) in [4.78, 5) is 28.7. The van der Waals surface area contributed by atoms with E-state index in [2.05, 4.69) is 15.0 Å². The minimum Gasteiger partial charge on any atom is -0.476 e. The third-order valence-corrected chi connectivity index (χ3v) is 5.66. The molecule has 15 heteroatoms. The lowest BCUT2D eigenvalue weighted by atomic mass is 9.76. The third kappa shape index (κ3) is 8.26. The van der Waals surface area contributed by atoms with Gasteiger partial charge in [0.1, 0.15) is 34.2 Å². The predicted molar refractivity (Wildman–Crippen MR) is 153 cm³/mol. The number of amides is 2. The van der Waals surface area contributed by atoms with Gasteiger partial charge in [0, 0.05) is 18.0 Å². The molecule has 0 unspecified atom stereocenters. The third-order valence-electron chi connectivity index (χ3n) is 5.66. The standard InChI is InChI=1S/C28H23B2F4N3O6/c1-14-2-4-15(5-3-14)16-10-19(31)24(26(39)37-17-8-9-36-20(12-17)25(35)38)23(11-16)41-21-7-6-18(42-28(32,33)34)13-22(21)43-27(29,30)40/h2-13,40H,29-30H2,1H3,(H2,35,38)(H,36,37,39). The minimum absolute atomic E-state index is 0.0708. The second kappa shape index (κ2) is 12.1. The Labute approximate surface area is 244 Å². The molecule has 0 saturated carbocycles. The molecule has 0 bridgehead atoms. The molecule has 220 valence electrons. The van der Waals surface area contributed by atoms with Gasteiger partial charge >= 0.3 is 6.36 Å². The molecule has 0 fully saturated rings. The lowest BCUT2D eigenvalue weighted by molar-refractivity contribution is -0.274. The van der Waals surface area contributed by atoms with Gasteiger partial charge < -0.3 is 30.4 Å². The number of carbonyl (C=O) groups excluding carboxylic acids is 2. The molecule has 0 spiro atoms. The zero-order valence-corrected chi connectivity index (χ0v) is 23.0. The summed E-state index contributed by atoms with van der Waals surface area (Å²) in [6.45, 7) is 1.87. The quantitative estimate of drug-likeness (QED) is 0.153. The van der Waals surface area contributed by atoms with Crippen molar-refractivity contribution < 1.29 is 46.5 Å². The first kappa shape index (κ1) is 30.9. The number of pyridine rings is 1. The number of aliphatic hydroxyl groups is 1. The number of benzene rings is 3. The summed E-state index contributed by atoms with van der Waals surface area (Å²) in [5.41, 5.74) is 4.52. The van der Waals surface area contributed by atoms with E-state index in [9.17, 15) is 27.9 Å². The van der Waals surface area contributed by atoms with Crippen LogP contribution in [-0.2, 0) is 0 Å². The number of ether oxygens (including phenoxy) is 3. The number of nitrogens with zero attached hydrogens (tertiary/aromatic N) is 1. The highest BCUT2D eigenvalue weighted by molar-refractivity contribution is 6.37. The maximum absolute atomic E-state index is 15.7. The maximum atomic E-state index is 15.7. The van der Waals surface area contributed by atoms with Gasteiger partial charge in [-0.1, -0.05) is 29.8 Å². The highest BCUT2D eigenvalue weighted by Crippen LogP contribution is 2.40. The minimum atomic E-state index is -5.02. The van der Waals surface area contributed by atoms with Crippen molar-refractivity contribution in [1.29, 1.82) is 0 Å². The first-order valence-corrected chi connectivity index (χ1v) is 12.5. The van der Waals surface area contributed by atoms with E-state index >= 15 is 4.39 Å². The van der Waals surface area contributed by atoms with Crippen LogP contribution in [0, 0.1) is 12.7 Å². The van der Waals surface area contributed by atoms with E-state index in [0.717, 1.165) is 29.8 Å². The number of primary amides is 1. The van der Waals surface area contributed by atoms with Crippen molar-refractivity contribution in [3.63, 3.8) is 0 Å². The number of anilines is 1. The average Bonchev–Trinajstić information content (AvgIpc) is 2.88. The molecule has 2 amide bonds. The van der Waals surface area contributed by atoms with Crippen molar-refractivity contribution in [3.8, 4) is 34.1 Å². The van der Waals surface area contributed by atoms with Gasteiger partial charge in [0.25, 0.3) is 11.8 Å². The van der Waals surface area contributed by atoms with E-state index in [0.29, 0.717) is 11.1 Å². The molecule has 4 aromatic rings. The lowest BCUT2D eigenvalue weighted by Gasteiger charge is -2.24. The van der Waals surface area contributed by atoms with E-state index in [1.807, 2.05) is 6.92 Å². The van der Waals surface area contributed by atoms with Gasteiger partial charge in [-0.25, -0.2) is 4.39 Å². The summed E-state index contributed by atoms with van der Waals surface area (Å²) in [7, 11) is 2.44. The van der Waals surface area contributed by atoms with Crippen LogP contribution in [0.2, 0.25) is 0 Å². The van der Waals surface area contributed by atoms with Crippen LogP contribution in [0.1, 0.15) is 26.4 Å². The van der Waals surface area contributed by atoms with Gasteiger partial charge in [-0.05, 0) is 54.4 Å². The van der Waals surface area contributed by atoms with E-state index in [1.54, 1.807) is 24.3 Å². The molecule has 1 aromatic heterocycles. The number of aryl methyl sites for hydroxylation is 1. The number of nitrogens with two attached hydrogens (primary N) is 1. The molecule has 9 nitrogen and oxygen atoms in total. The fourth-order valence-corrected chi connectivity index (χ4v) is 3.87. The molecule has 4 N–H and O–H groups in total. The Morgan fingerprint density at radius 3 is 2.23 bits per heavy atom. The van der Waals surface area contributed by atoms with Crippen molar-refractivity contribution >= 4 is 33.2 Å². The molecule has 1 heterocycles. The molecular formula is C28H23B2F4N3O6. The number of aromatic nitrogens is 1. The van der Waals surface area contributed by atoms with Gasteiger partial charge in [-0.2, -0.15) is 0 Å². The highest BCUT2D eigenvalue weighted by Gasteiger charge is 2.32. The summed E-state index contributed by atoms with van der Waals surface area (Å²) in [6.07, 6.45) is -3.80. The Bertz CT molecular complexity index is 1680. The van der Waals surface area contributed by atoms with Gasteiger partial charge in [0.2, 0.25) is 0 Å². The normalized spacial score (nSPS) is 11.5. The smallest absolute Gasteiger partial charge is 0.476 e. The monoisotopic (exact) mass is 595 g/mol. The van der Waals surface area contributed by atoms with Crippen molar-refractivity contribution in [3.05, 3.63) is 95.6 Å². The molecule has 43 heavy (non-hydrogen) atoms. The summed E-state index contributed by atoms with van der Waals surface area (Å²) >= 11 is 0. The van der Waals surface area contributed by atoms with E-state index < -0.39 is 46.6 Å². The van der Waals surface area contributed by atoms with Gasteiger partial charge in [-0.3, -0.25) is 14.6 Å². The highest BCUT2D eigenvalue weighted by atomic mass is 19.4. The SMILES string of the molecule is BC(B)(O)Oc1cc(OC(F)(F)F)ccc1Oc1cc(-c2ccc(C)cc2)cc(F)c1C(=O)Nc1ccnc(C(N)=O)c1. The van der Waals surface area contributed by atoms with Crippen molar-refractivity contribution in [2.24, 2.45) is 5.73 Å². The number of rotatable bonds is 9. The van der Waals surface area contributed by atoms with Crippen molar-refractivity contribution in [2.45, 2.75) is 18.9 Å². The van der Waals surface area contributed by atoms with Gasteiger partial charge in [0.05, 0.1) is 0 Å². The Morgan fingerprint density at radius 1 is 0.907 bits per heavy atom. The van der Waals surface area contributed by atoms with E-state index in [4.69, 9.17) is 15.2 Å². The maximum Gasteiger partial charge on any atom is 0.573 e. The summed E-state index contributed by atoms with van der Waals surface area (Å²) in [6, 6.07) is 14.8. The summed E-state index contributed by atoms with van der Waals surface area (Å²) in [5.74, 6) is -4.55. The van der Waals surface area contributed by atoms with Crippen LogP contribution in [0.15, 0.2) is 72.9 Å². The molecule has 0 aliphatic rings. The van der Waals surface area contributed by atoms with Crippen LogP contribution in [0.25, 0.3) is 11.1 Å². The van der Waals surface area contributed by atoms with E-state index in [1.165, 1.54) is 40.1 Å². The topological polar surface area (TPSA) is 133 Å². The fraction of sp³-hybridized carbons (Fsp3) is 0.107. The number of hydrogen-bond acceptors (Lipinski definition) is 7. The molecule has 0 atom stereocenters. The van der Waals surface area contributed by atoms with Crippen molar-refractivity contribution in [2.75, 3.05) is 5.32 Å². The number of carbonyl (C=O) groups is 2. The second-order valence-electron chi connectivity index (χ2n) is 9.75. The largest absolute Gasteiger partial charge is 0.573 e. The number of halogens is 4. The van der Waals surface area contributed by atoms with Crippen LogP contribution in [-0.4, -0.2) is 49.5 Å². The average molecular weight is 595 g/mol. The van der Waals surface area contributed by atoms with E-state index in [-0.39, 0.29) is 22.9 Å². The molecular weight excluding hydrogens is 572 g/mol. The molecule has 0 saturated heterocycles. The molecule has 0 aliphatic carbocycles. The van der Waals surface area contributed by atoms with Crippen LogP contribution in [0.4, 0.5) is 23.2 Å². The van der Waals surface area contributed by atoms with Crippen molar-refractivity contribution in [1.82, 2.24) is 4.98 Å². The number of hydrogen-bond donors (Lipinski definition) is 3. The number of nitrogens with one attached hydrogen (secondary N) is 1. The number of alkyl halides is 3. The van der Waals surface area contributed by atoms with Crippen LogP contribution in [0.3, 0.4) is 0 Å². The Balaban J connectivity index is 1.82. The fourth-order valence-electron chi connectivity index (χ4n) is 3.87. The first-order valence-electron chi connectivity index (χ1n) is 12.5. The first-order chi connectivity index (χ1) is 20.1. The zero-order chi connectivity index (χ0) is 31.5. The molecule has 4 rings (SSSR count). The molecule has 0 aliphatic heterocycles. The Morgan fingerprint density at radius 2 is 1.60 bits per heavy atom. The summed E-state index contributed by atoms with van der Waals surface area (Å²) in [5, 5.41) is 12.7. The van der Waals surface area contributed by atoms with Crippen LogP contribution >= 0.6 is 0 Å². The predicted octanol–water partition coefficient (Wildman–Crippen LogP) is 3.49. The summed E-state index contributed by atoms with van der Waals surface area (Å²) < 4.78 is 69.5. The lowest BCUT2D eigenvalue weighted by Crippen LogP contribution is -2.36. The molecule has 0 radical (unpaired) electrons. The van der Waals surface area contributed by atoms with Crippen LogP contribution < -0.4 is 25.3 Å². The zero-order valence-electron chi connectivity index (χ0n) is 23.0. The molecule has 3 aromatic carbocycles. The van der Waals surface area contributed by atoms with Gasteiger partial charge in [-0.15, -0.1) is 13.2 Å². The van der Waals surface area contributed by atoms with Gasteiger partial charge in [0.15, 0.2) is 27.2 Å². The van der Waals surface area contributed by atoms with Crippen LogP contribution in [0.5, 0.6) is 23.0 Å². The Hall–Kier alpha value is -5.04.